The van der Waals surface area contributed by atoms with Gasteiger partial charge in [-0.15, -0.1) is 15.3 Å². The van der Waals surface area contributed by atoms with E-state index in [9.17, 15) is 0 Å². The van der Waals surface area contributed by atoms with Crippen LogP contribution in [0.5, 0.6) is 0 Å². The Morgan fingerprint density at radius 2 is 2.16 bits per heavy atom. The number of hydrogen-bond acceptors (Lipinski definition) is 7. The minimum absolute atomic E-state index is 0.249. The molecule has 4 heterocycles. The minimum atomic E-state index is 0.249. The van der Waals surface area contributed by atoms with Crippen molar-refractivity contribution < 1.29 is 4.74 Å². The summed E-state index contributed by atoms with van der Waals surface area (Å²) >= 11 is 0. The van der Waals surface area contributed by atoms with Gasteiger partial charge in [0.15, 0.2) is 11.5 Å². The van der Waals surface area contributed by atoms with Crippen LogP contribution < -0.4 is 10.2 Å². The van der Waals surface area contributed by atoms with E-state index in [1.807, 2.05) is 25.3 Å². The second-order valence-corrected chi connectivity index (χ2v) is 6.24. The number of nitrogens with zero attached hydrogens (tertiary/aromatic N) is 6. The number of nitrogens with one attached hydrogen (secondary N) is 1. The molecule has 1 aliphatic rings. The fourth-order valence-corrected chi connectivity index (χ4v) is 2.92. The highest BCUT2D eigenvalue weighted by Crippen LogP contribution is 2.16. The van der Waals surface area contributed by atoms with Crippen molar-refractivity contribution in [2.24, 2.45) is 0 Å². The zero-order valence-corrected chi connectivity index (χ0v) is 14.4. The standard InChI is InChI=1S/C17H21N7O/c1-12-11-23(7-8-25-12)16-5-3-14(10-19-16)9-18-15-4-6-17-21-20-13(2)24(17)22-15/h3-6,10,12H,7-9,11H2,1-2H3,(H,18,22). The van der Waals surface area contributed by atoms with Crippen molar-refractivity contribution in [2.45, 2.75) is 26.5 Å². The van der Waals surface area contributed by atoms with Gasteiger partial charge in [-0.05, 0) is 37.6 Å². The quantitative estimate of drug-likeness (QED) is 0.774. The van der Waals surface area contributed by atoms with Crippen LogP contribution >= 0.6 is 0 Å². The summed E-state index contributed by atoms with van der Waals surface area (Å²) < 4.78 is 7.30. The maximum Gasteiger partial charge on any atom is 0.178 e. The third-order valence-electron chi connectivity index (χ3n) is 4.27. The van der Waals surface area contributed by atoms with Crippen LogP contribution in [0.1, 0.15) is 18.3 Å². The maximum absolute atomic E-state index is 5.58. The first kappa shape index (κ1) is 15.8. The van der Waals surface area contributed by atoms with Crippen LogP contribution in [0.25, 0.3) is 5.65 Å². The van der Waals surface area contributed by atoms with Crippen LogP contribution in [-0.4, -0.2) is 50.6 Å². The van der Waals surface area contributed by atoms with Crippen molar-refractivity contribution >= 4 is 17.3 Å². The Hall–Kier alpha value is -2.74. The molecule has 0 radical (unpaired) electrons. The zero-order valence-electron chi connectivity index (χ0n) is 14.4. The highest BCUT2D eigenvalue weighted by molar-refractivity contribution is 5.45. The summed E-state index contributed by atoms with van der Waals surface area (Å²) in [4.78, 5) is 6.85. The average Bonchev–Trinajstić information content (AvgIpc) is 3.01. The second kappa shape index (κ2) is 6.64. The molecule has 3 aromatic rings. The molecular formula is C17H21N7O. The number of pyridine rings is 1. The molecule has 0 aromatic carbocycles. The summed E-state index contributed by atoms with van der Waals surface area (Å²) in [6.45, 7) is 7.15. The highest BCUT2D eigenvalue weighted by atomic mass is 16.5. The first-order chi connectivity index (χ1) is 12.2. The van der Waals surface area contributed by atoms with E-state index in [-0.39, 0.29) is 6.10 Å². The Morgan fingerprint density at radius 1 is 1.24 bits per heavy atom. The molecule has 0 spiro atoms. The van der Waals surface area contributed by atoms with Crippen molar-refractivity contribution in [1.29, 1.82) is 0 Å². The summed E-state index contributed by atoms with van der Waals surface area (Å²) in [6, 6.07) is 7.96. The lowest BCUT2D eigenvalue weighted by molar-refractivity contribution is 0.0529. The molecule has 1 atom stereocenters. The van der Waals surface area contributed by atoms with Gasteiger partial charge in [0.2, 0.25) is 0 Å². The van der Waals surface area contributed by atoms with Gasteiger partial charge in [0.05, 0.1) is 12.7 Å². The lowest BCUT2D eigenvalue weighted by Gasteiger charge is -2.32. The first-order valence-corrected chi connectivity index (χ1v) is 8.43. The highest BCUT2D eigenvalue weighted by Gasteiger charge is 2.17. The van der Waals surface area contributed by atoms with Gasteiger partial charge in [0, 0.05) is 25.8 Å². The van der Waals surface area contributed by atoms with E-state index in [1.54, 1.807) is 4.52 Å². The average molecular weight is 339 g/mol. The molecule has 1 aliphatic heterocycles. The fraction of sp³-hybridized carbons (Fsp3) is 0.412. The van der Waals surface area contributed by atoms with Crippen LogP contribution in [0.15, 0.2) is 30.5 Å². The molecule has 130 valence electrons. The van der Waals surface area contributed by atoms with E-state index < -0.39 is 0 Å². The second-order valence-electron chi connectivity index (χ2n) is 6.24. The molecule has 1 N–H and O–H groups in total. The van der Waals surface area contributed by atoms with Gasteiger partial charge >= 0.3 is 0 Å². The normalized spacial score (nSPS) is 17.8. The van der Waals surface area contributed by atoms with Crippen LogP contribution in [-0.2, 0) is 11.3 Å². The third kappa shape index (κ3) is 3.39. The largest absolute Gasteiger partial charge is 0.375 e. The molecule has 0 amide bonds. The Morgan fingerprint density at radius 3 is 2.96 bits per heavy atom. The molecular weight excluding hydrogens is 318 g/mol. The lowest BCUT2D eigenvalue weighted by Crippen LogP contribution is -2.41. The monoisotopic (exact) mass is 339 g/mol. The van der Waals surface area contributed by atoms with Gasteiger partial charge in [-0.1, -0.05) is 6.07 Å². The Balaban J connectivity index is 1.41. The third-order valence-corrected chi connectivity index (χ3v) is 4.27. The molecule has 0 aliphatic carbocycles. The van der Waals surface area contributed by atoms with Crippen molar-refractivity contribution in [3.05, 3.63) is 41.9 Å². The predicted molar refractivity (Wildman–Crippen MR) is 94.7 cm³/mol. The van der Waals surface area contributed by atoms with E-state index in [4.69, 9.17) is 4.74 Å². The first-order valence-electron chi connectivity index (χ1n) is 8.43. The van der Waals surface area contributed by atoms with Gasteiger partial charge in [-0.25, -0.2) is 4.98 Å². The number of aryl methyl sites for hydroxylation is 1. The number of morpholine rings is 1. The molecule has 1 fully saturated rings. The molecule has 8 heteroatoms. The summed E-state index contributed by atoms with van der Waals surface area (Å²) in [5.74, 6) is 2.55. The van der Waals surface area contributed by atoms with Crippen molar-refractivity contribution in [3.63, 3.8) is 0 Å². The SMILES string of the molecule is Cc1nnc2ccc(NCc3ccc(N4CCOC(C)C4)nc3)nn12. The Kier molecular flexibility index (Phi) is 4.19. The summed E-state index contributed by atoms with van der Waals surface area (Å²) in [6.07, 6.45) is 2.16. The van der Waals surface area contributed by atoms with E-state index in [2.05, 4.69) is 49.6 Å². The summed E-state index contributed by atoms with van der Waals surface area (Å²) in [5, 5.41) is 15.9. The molecule has 0 saturated carbocycles. The molecule has 4 rings (SSSR count). The van der Waals surface area contributed by atoms with Gasteiger partial charge in [-0.2, -0.15) is 4.52 Å². The molecule has 1 saturated heterocycles. The van der Waals surface area contributed by atoms with E-state index in [0.717, 1.165) is 48.4 Å². The smallest absolute Gasteiger partial charge is 0.178 e. The lowest BCUT2D eigenvalue weighted by atomic mass is 10.2. The van der Waals surface area contributed by atoms with Crippen molar-refractivity contribution in [3.8, 4) is 0 Å². The number of fused-ring (bicyclic) bond motifs is 1. The number of hydrogen-bond donors (Lipinski definition) is 1. The van der Waals surface area contributed by atoms with E-state index in [1.165, 1.54) is 0 Å². The van der Waals surface area contributed by atoms with Gasteiger partial charge < -0.3 is 15.0 Å². The van der Waals surface area contributed by atoms with Crippen molar-refractivity contribution in [1.82, 2.24) is 24.8 Å². The van der Waals surface area contributed by atoms with Crippen molar-refractivity contribution in [2.75, 3.05) is 29.9 Å². The maximum atomic E-state index is 5.58. The number of anilines is 2. The molecule has 25 heavy (non-hydrogen) atoms. The topological polar surface area (TPSA) is 80.5 Å². The van der Waals surface area contributed by atoms with Crippen LogP contribution in [0.4, 0.5) is 11.6 Å². The Bertz CT molecular complexity index is 861. The number of aromatic nitrogens is 5. The number of ether oxygens (including phenoxy) is 1. The molecule has 0 bridgehead atoms. The zero-order chi connectivity index (χ0) is 17.2. The Labute approximate surface area is 145 Å². The molecule has 3 aromatic heterocycles. The van der Waals surface area contributed by atoms with Gasteiger partial charge in [0.25, 0.3) is 0 Å². The fourth-order valence-electron chi connectivity index (χ4n) is 2.92. The van der Waals surface area contributed by atoms with E-state index in [0.29, 0.717) is 6.54 Å². The van der Waals surface area contributed by atoms with Gasteiger partial charge in [-0.3, -0.25) is 0 Å². The number of rotatable bonds is 4. The summed E-state index contributed by atoms with van der Waals surface area (Å²) in [7, 11) is 0. The van der Waals surface area contributed by atoms with E-state index >= 15 is 0 Å². The minimum Gasteiger partial charge on any atom is -0.375 e. The van der Waals surface area contributed by atoms with Gasteiger partial charge in [0.1, 0.15) is 11.6 Å². The van der Waals surface area contributed by atoms with Crippen LogP contribution in [0.2, 0.25) is 0 Å². The summed E-state index contributed by atoms with van der Waals surface area (Å²) in [5.41, 5.74) is 1.85. The molecule has 1 unspecified atom stereocenters. The van der Waals surface area contributed by atoms with Crippen LogP contribution in [0.3, 0.4) is 0 Å². The predicted octanol–water partition coefficient (Wildman–Crippen LogP) is 1.66. The van der Waals surface area contributed by atoms with Crippen LogP contribution in [0, 0.1) is 6.92 Å². The molecule has 8 nitrogen and oxygen atoms in total.